The van der Waals surface area contributed by atoms with E-state index in [0.29, 0.717) is 11.8 Å². The molecule has 0 aliphatic carbocycles. The highest BCUT2D eigenvalue weighted by Crippen LogP contribution is 2.26. The van der Waals surface area contributed by atoms with Crippen LogP contribution in [0.15, 0.2) is 54.6 Å². The normalized spacial score (nSPS) is 18.4. The number of amides is 1. The zero-order valence-electron chi connectivity index (χ0n) is 15.1. The van der Waals surface area contributed by atoms with Gasteiger partial charge in [-0.3, -0.25) is 4.79 Å². The van der Waals surface area contributed by atoms with Crippen LogP contribution in [-0.2, 0) is 4.79 Å². The van der Waals surface area contributed by atoms with Gasteiger partial charge in [-0.15, -0.1) is 0 Å². The summed E-state index contributed by atoms with van der Waals surface area (Å²) in [4.78, 5) is 12.5. The average molecular weight is 406 g/mol. The van der Waals surface area contributed by atoms with Gasteiger partial charge in [0.05, 0.1) is 16.6 Å². The molecule has 0 saturated heterocycles. The molecule has 3 rings (SSSR count). The largest absolute Gasteiger partial charge is 1.00 e. The molecule has 0 aromatic heterocycles. The summed E-state index contributed by atoms with van der Waals surface area (Å²) in [6.45, 7) is 2.57. The molecule has 2 atom stereocenters. The van der Waals surface area contributed by atoms with Crippen molar-refractivity contribution in [3.8, 4) is 0 Å². The predicted octanol–water partition coefficient (Wildman–Crippen LogP) is 0.300. The number of para-hydroxylation sites is 3. The van der Waals surface area contributed by atoms with Gasteiger partial charge in [0.2, 0.25) is 6.54 Å². The summed E-state index contributed by atoms with van der Waals surface area (Å²) in [5.41, 5.74) is 4.59. The molecule has 3 N–H and O–H groups in total. The van der Waals surface area contributed by atoms with E-state index in [-0.39, 0.29) is 31.0 Å². The summed E-state index contributed by atoms with van der Waals surface area (Å²) in [6, 6.07) is 17.8. The summed E-state index contributed by atoms with van der Waals surface area (Å²) in [7, 11) is 0. The summed E-state index contributed by atoms with van der Waals surface area (Å²) in [6.07, 6.45) is 0.740. The number of nitrogens with zero attached hydrogens (tertiary/aromatic N) is 1. The van der Waals surface area contributed by atoms with E-state index in [9.17, 15) is 4.79 Å². The molecule has 0 fully saturated rings. The van der Waals surface area contributed by atoms with Gasteiger partial charge in [0, 0.05) is 12.3 Å². The Bertz CT molecular complexity index is 786. The molecule has 0 saturated carbocycles. The number of carbonyl (C=O) groups excluding carboxylic acids is 1. The zero-order valence-corrected chi connectivity index (χ0v) is 16.7. The quantitative estimate of drug-likeness (QED) is 0.580. The summed E-state index contributed by atoms with van der Waals surface area (Å²) >= 11 is 1.68. The molecular formula is C20H24ClN3O2S. The van der Waals surface area contributed by atoms with Gasteiger partial charge >= 0.3 is 0 Å². The van der Waals surface area contributed by atoms with Crippen molar-refractivity contribution in [1.29, 1.82) is 0 Å². The summed E-state index contributed by atoms with van der Waals surface area (Å²) < 4.78 is 2.04. The molecule has 144 valence electrons. The second-order valence-electron chi connectivity index (χ2n) is 6.29. The van der Waals surface area contributed by atoms with E-state index in [1.165, 1.54) is 0 Å². The lowest BCUT2D eigenvalue weighted by molar-refractivity contribution is -0.541. The highest BCUT2D eigenvalue weighted by Gasteiger charge is 2.34. The maximum atomic E-state index is 12.5. The minimum atomic E-state index is -0.0549. The van der Waals surface area contributed by atoms with Crippen LogP contribution >= 0.6 is 11.8 Å². The Balaban J connectivity index is 0.00000261. The van der Waals surface area contributed by atoms with E-state index < -0.39 is 0 Å². The first-order chi connectivity index (χ1) is 12.7. The lowest BCUT2D eigenvalue weighted by atomic mass is 10.1. The Hall–Kier alpha value is -2.02. The van der Waals surface area contributed by atoms with Crippen molar-refractivity contribution in [2.75, 3.05) is 23.8 Å². The SMILES string of the molecule is CC1C(CCO)SC=[N+]1CC(=O)Nc1ccccc1Nc1ccccc1.[Cl-]. The van der Waals surface area contributed by atoms with Crippen molar-refractivity contribution in [2.24, 2.45) is 0 Å². The fraction of sp³-hybridized carbons (Fsp3) is 0.300. The van der Waals surface area contributed by atoms with Gasteiger partial charge in [-0.2, -0.15) is 0 Å². The third kappa shape index (κ3) is 5.73. The Morgan fingerprint density at radius 3 is 2.48 bits per heavy atom. The van der Waals surface area contributed by atoms with Crippen molar-refractivity contribution >= 4 is 40.3 Å². The number of aliphatic hydroxyl groups excluding tert-OH is 1. The number of benzene rings is 2. The fourth-order valence-electron chi connectivity index (χ4n) is 2.93. The third-order valence-corrected chi connectivity index (χ3v) is 5.80. The molecule has 0 radical (unpaired) electrons. The molecule has 0 spiro atoms. The Morgan fingerprint density at radius 1 is 1.11 bits per heavy atom. The monoisotopic (exact) mass is 405 g/mol. The predicted molar refractivity (Wildman–Crippen MR) is 109 cm³/mol. The molecule has 5 nitrogen and oxygen atoms in total. The lowest BCUT2D eigenvalue weighted by Crippen LogP contribution is -3.00. The molecule has 1 aliphatic heterocycles. The lowest BCUT2D eigenvalue weighted by Gasteiger charge is -2.14. The number of aliphatic hydroxyl groups is 1. The van der Waals surface area contributed by atoms with Gasteiger partial charge in [0.25, 0.3) is 5.91 Å². The molecule has 2 unspecified atom stereocenters. The van der Waals surface area contributed by atoms with Crippen LogP contribution < -0.4 is 23.0 Å². The molecule has 2 aromatic rings. The summed E-state index contributed by atoms with van der Waals surface area (Å²) in [5.74, 6) is -0.0549. The van der Waals surface area contributed by atoms with Gasteiger partial charge in [-0.05, 0) is 37.6 Å². The van der Waals surface area contributed by atoms with Crippen LogP contribution in [0.3, 0.4) is 0 Å². The molecule has 7 heteroatoms. The van der Waals surface area contributed by atoms with Crippen molar-refractivity contribution in [3.63, 3.8) is 0 Å². The fourth-order valence-corrected chi connectivity index (χ4v) is 4.14. The van der Waals surface area contributed by atoms with E-state index in [1.807, 2.05) is 64.7 Å². The molecule has 1 amide bonds. The second-order valence-corrected chi connectivity index (χ2v) is 7.38. The van der Waals surface area contributed by atoms with Gasteiger partial charge in [0.15, 0.2) is 11.6 Å². The van der Waals surface area contributed by atoms with Crippen LogP contribution in [0, 0.1) is 0 Å². The standard InChI is InChI=1S/C20H23N3O2S.ClH/c1-15-19(11-12-24)26-14-23(15)13-20(25)22-18-10-6-5-9-17(18)21-16-7-3-2-4-8-16;/h2-10,14-15,19,21,24H,11-13H2,1H3;1H. The molecule has 27 heavy (non-hydrogen) atoms. The van der Waals surface area contributed by atoms with E-state index >= 15 is 0 Å². The minimum absolute atomic E-state index is 0. The van der Waals surface area contributed by atoms with Crippen LogP contribution in [-0.4, -0.2) is 45.6 Å². The van der Waals surface area contributed by atoms with Gasteiger partial charge in [-0.1, -0.05) is 42.1 Å². The van der Waals surface area contributed by atoms with E-state index in [2.05, 4.69) is 17.6 Å². The zero-order chi connectivity index (χ0) is 18.4. The van der Waals surface area contributed by atoms with Crippen LogP contribution in [0.25, 0.3) is 0 Å². The summed E-state index contributed by atoms with van der Waals surface area (Å²) in [5, 5.41) is 15.8. The highest BCUT2D eigenvalue weighted by molar-refractivity contribution is 8.12. The first-order valence-corrected chi connectivity index (χ1v) is 9.68. The Morgan fingerprint density at radius 2 is 1.78 bits per heavy atom. The molecule has 2 aromatic carbocycles. The first kappa shape index (κ1) is 21.3. The van der Waals surface area contributed by atoms with Gasteiger partial charge in [0.1, 0.15) is 0 Å². The van der Waals surface area contributed by atoms with Crippen LogP contribution in [0.4, 0.5) is 17.1 Å². The Labute approximate surface area is 170 Å². The molecule has 0 bridgehead atoms. The Kier molecular flexibility index (Phi) is 8.16. The number of halogens is 1. The number of nitrogens with one attached hydrogen (secondary N) is 2. The number of anilines is 3. The van der Waals surface area contributed by atoms with Crippen molar-refractivity contribution in [1.82, 2.24) is 0 Å². The van der Waals surface area contributed by atoms with Crippen LogP contribution in [0.2, 0.25) is 0 Å². The third-order valence-electron chi connectivity index (χ3n) is 4.43. The molecule has 1 aliphatic rings. The average Bonchev–Trinajstić information content (AvgIpc) is 2.98. The number of hydrogen-bond donors (Lipinski definition) is 3. The number of hydrogen-bond acceptors (Lipinski definition) is 4. The minimum Gasteiger partial charge on any atom is -1.00 e. The second kappa shape index (κ2) is 10.3. The smallest absolute Gasteiger partial charge is 0.289 e. The maximum Gasteiger partial charge on any atom is 0.289 e. The van der Waals surface area contributed by atoms with Gasteiger partial charge in [-0.25, -0.2) is 4.58 Å². The first-order valence-electron chi connectivity index (χ1n) is 8.73. The highest BCUT2D eigenvalue weighted by atomic mass is 35.5. The van der Waals surface area contributed by atoms with E-state index in [4.69, 9.17) is 5.11 Å². The van der Waals surface area contributed by atoms with Crippen LogP contribution in [0.1, 0.15) is 13.3 Å². The number of carbonyl (C=O) groups is 1. The van der Waals surface area contributed by atoms with Crippen LogP contribution in [0.5, 0.6) is 0 Å². The molecular weight excluding hydrogens is 382 g/mol. The maximum absolute atomic E-state index is 12.5. The number of thioether (sulfide) groups is 1. The van der Waals surface area contributed by atoms with E-state index in [0.717, 1.165) is 23.5 Å². The topological polar surface area (TPSA) is 64.4 Å². The van der Waals surface area contributed by atoms with Crippen molar-refractivity contribution in [2.45, 2.75) is 24.6 Å². The molecule has 1 heterocycles. The van der Waals surface area contributed by atoms with Gasteiger partial charge < -0.3 is 28.1 Å². The number of rotatable bonds is 7. The van der Waals surface area contributed by atoms with Crippen molar-refractivity contribution in [3.05, 3.63) is 54.6 Å². The van der Waals surface area contributed by atoms with Crippen molar-refractivity contribution < 1.29 is 26.9 Å². The van der Waals surface area contributed by atoms with E-state index in [1.54, 1.807) is 11.8 Å².